The predicted molar refractivity (Wildman–Crippen MR) is 131 cm³/mol. The molecule has 162 valence electrons. The Hall–Kier alpha value is -1.85. The Morgan fingerprint density at radius 2 is 1.81 bits per heavy atom. The van der Waals surface area contributed by atoms with Crippen molar-refractivity contribution in [2.45, 2.75) is 83.8 Å². The molecule has 31 heavy (non-hydrogen) atoms. The maximum Gasteiger partial charge on any atom is 0.156 e. The second-order valence-electron chi connectivity index (χ2n) is 11.5. The lowest BCUT2D eigenvalue weighted by atomic mass is 9.56. The van der Waals surface area contributed by atoms with Crippen LogP contribution >= 0.6 is 0 Å². The van der Waals surface area contributed by atoms with Gasteiger partial charge in [0.25, 0.3) is 0 Å². The highest BCUT2D eigenvalue weighted by Gasteiger charge is 2.51. The lowest BCUT2D eigenvalue weighted by Gasteiger charge is -2.49. The van der Waals surface area contributed by atoms with Gasteiger partial charge in [-0.15, -0.1) is 5.54 Å². The van der Waals surface area contributed by atoms with E-state index in [9.17, 15) is 4.79 Å². The Morgan fingerprint density at radius 3 is 2.58 bits per heavy atom. The Morgan fingerprint density at radius 1 is 1.00 bits per heavy atom. The molecule has 0 radical (unpaired) electrons. The van der Waals surface area contributed by atoms with Gasteiger partial charge in [0.2, 0.25) is 0 Å². The Bertz CT molecular complexity index is 1010. The van der Waals surface area contributed by atoms with Gasteiger partial charge in [-0.1, -0.05) is 49.7 Å². The fourth-order valence-corrected chi connectivity index (χ4v) is 7.53. The summed E-state index contributed by atoms with van der Waals surface area (Å²) in [4.78, 5) is 11.9. The summed E-state index contributed by atoms with van der Waals surface area (Å²) in [5.74, 6) is 5.37. The molecule has 4 aliphatic carbocycles. The summed E-state index contributed by atoms with van der Waals surface area (Å²) >= 11 is 0. The monoisotopic (exact) mass is 428 g/mol. The lowest BCUT2D eigenvalue weighted by Crippen LogP contribution is -2.40. The molecule has 1 nitrogen and oxygen atoms in total. The number of hydrogen-bond acceptors (Lipinski definition) is 1. The number of carbonyl (C=O) groups excluding carboxylic acids is 1. The molecule has 3 atom stereocenters. The third-order valence-corrected chi connectivity index (χ3v) is 9.23. The van der Waals surface area contributed by atoms with Crippen LogP contribution in [0.2, 0.25) is 19.6 Å². The summed E-state index contributed by atoms with van der Waals surface area (Å²) in [6, 6.07) is 9.19. The van der Waals surface area contributed by atoms with Crippen LogP contribution in [0.15, 0.2) is 47.1 Å². The van der Waals surface area contributed by atoms with E-state index in [1.165, 1.54) is 61.6 Å². The Labute approximate surface area is 189 Å². The van der Waals surface area contributed by atoms with Crippen molar-refractivity contribution in [2.75, 3.05) is 0 Å². The summed E-state index contributed by atoms with van der Waals surface area (Å²) < 4.78 is 0. The molecule has 0 spiro atoms. The number of fused-ring (bicyclic) bond motifs is 4. The second kappa shape index (κ2) is 7.93. The zero-order valence-corrected chi connectivity index (χ0v) is 20.5. The second-order valence-corrected chi connectivity index (χ2v) is 16.3. The van der Waals surface area contributed by atoms with Gasteiger partial charge in [0.15, 0.2) is 5.78 Å². The molecule has 4 aliphatic rings. The van der Waals surface area contributed by atoms with Gasteiger partial charge >= 0.3 is 0 Å². The first-order valence-corrected chi connectivity index (χ1v) is 15.9. The minimum atomic E-state index is -1.33. The first kappa shape index (κ1) is 21.0. The summed E-state index contributed by atoms with van der Waals surface area (Å²) in [7, 11) is -1.33. The normalized spacial score (nSPS) is 30.0. The van der Waals surface area contributed by atoms with Gasteiger partial charge in [-0.25, -0.2) is 0 Å². The van der Waals surface area contributed by atoms with Crippen molar-refractivity contribution in [3.63, 3.8) is 0 Å². The number of benzene rings is 1. The third kappa shape index (κ3) is 4.14. The van der Waals surface area contributed by atoms with Gasteiger partial charge < -0.3 is 0 Å². The largest absolute Gasteiger partial charge is 0.295 e. The number of hydrogen-bond donors (Lipinski definition) is 0. The van der Waals surface area contributed by atoms with Crippen LogP contribution in [-0.2, 0) is 11.2 Å². The van der Waals surface area contributed by atoms with Crippen molar-refractivity contribution in [3.8, 4) is 11.5 Å². The quantitative estimate of drug-likeness (QED) is 0.365. The average Bonchev–Trinajstić information content (AvgIpc) is 3.16. The minimum Gasteiger partial charge on any atom is -0.295 e. The zero-order valence-electron chi connectivity index (χ0n) is 19.5. The summed E-state index contributed by atoms with van der Waals surface area (Å²) in [5.41, 5.74) is 11.4. The van der Waals surface area contributed by atoms with Crippen molar-refractivity contribution >= 4 is 13.9 Å². The highest BCUT2D eigenvalue weighted by Crippen LogP contribution is 2.61. The number of allylic oxidation sites excluding steroid dienone is 4. The maximum atomic E-state index is 11.9. The van der Waals surface area contributed by atoms with Gasteiger partial charge in [-0.3, -0.25) is 4.79 Å². The van der Waals surface area contributed by atoms with E-state index in [0.29, 0.717) is 11.2 Å². The Balaban J connectivity index is 1.37. The molecule has 2 saturated carbocycles. The predicted octanol–water partition coefficient (Wildman–Crippen LogP) is 7.03. The SMILES string of the molecule is C[Si](C)(C)C#Cc1ccc(C[C@]23CCC[C@H]2[C@@H]2CCC4=CC(=O)CCC4=C2CC3)cc1. The van der Waals surface area contributed by atoms with Crippen LogP contribution < -0.4 is 0 Å². The Kier molecular flexibility index (Phi) is 5.38. The summed E-state index contributed by atoms with van der Waals surface area (Å²) in [6.07, 6.45) is 14.2. The van der Waals surface area contributed by atoms with Crippen molar-refractivity contribution in [3.05, 3.63) is 58.2 Å². The van der Waals surface area contributed by atoms with Gasteiger partial charge in [0, 0.05) is 12.0 Å². The van der Waals surface area contributed by atoms with Gasteiger partial charge in [0.05, 0.1) is 0 Å². The maximum absolute atomic E-state index is 11.9. The van der Waals surface area contributed by atoms with Crippen molar-refractivity contribution in [1.29, 1.82) is 0 Å². The van der Waals surface area contributed by atoms with Gasteiger partial charge in [-0.2, -0.15) is 0 Å². The molecule has 2 fully saturated rings. The van der Waals surface area contributed by atoms with Crippen LogP contribution in [0.1, 0.15) is 68.9 Å². The van der Waals surface area contributed by atoms with E-state index in [0.717, 1.165) is 31.1 Å². The van der Waals surface area contributed by atoms with Crippen molar-refractivity contribution < 1.29 is 4.79 Å². The zero-order chi connectivity index (χ0) is 21.6. The molecule has 0 amide bonds. The molecular weight excluding hydrogens is 392 g/mol. The van der Waals surface area contributed by atoms with Crippen molar-refractivity contribution in [1.82, 2.24) is 0 Å². The first-order chi connectivity index (χ1) is 14.8. The number of ketones is 1. The smallest absolute Gasteiger partial charge is 0.156 e. The highest BCUT2D eigenvalue weighted by molar-refractivity contribution is 6.83. The molecule has 1 aromatic rings. The molecule has 5 rings (SSSR count). The fourth-order valence-electron chi connectivity index (χ4n) is 7.01. The van der Waals surface area contributed by atoms with Crippen LogP contribution in [0.4, 0.5) is 0 Å². The topological polar surface area (TPSA) is 17.1 Å². The van der Waals surface area contributed by atoms with E-state index in [1.54, 1.807) is 11.1 Å². The van der Waals surface area contributed by atoms with E-state index in [2.05, 4.69) is 55.4 Å². The molecule has 0 N–H and O–H groups in total. The average molecular weight is 429 g/mol. The van der Waals surface area contributed by atoms with E-state index < -0.39 is 8.07 Å². The van der Waals surface area contributed by atoms with E-state index in [4.69, 9.17) is 0 Å². The fraction of sp³-hybridized carbons (Fsp3) is 0.552. The molecule has 0 aromatic heterocycles. The standard InChI is InChI=1S/C29H36OSi/c1-31(2,3)18-15-21-6-8-22(9-7-21)20-29-16-4-5-28(29)27-12-10-23-19-24(30)11-13-25(23)26(27)14-17-29/h6-9,19,27-28H,4-5,10-14,16-17,20H2,1-3H3/t27-,28+,29-/m1/s1. The molecule has 0 aliphatic heterocycles. The molecule has 0 unspecified atom stereocenters. The minimum absolute atomic E-state index is 0.349. The number of carbonyl (C=O) groups is 1. The molecule has 0 saturated heterocycles. The van der Waals surface area contributed by atoms with Crippen molar-refractivity contribution in [2.24, 2.45) is 17.3 Å². The highest BCUT2D eigenvalue weighted by atomic mass is 28.3. The molecule has 0 bridgehead atoms. The van der Waals surface area contributed by atoms with E-state index >= 15 is 0 Å². The molecule has 2 heteroatoms. The number of rotatable bonds is 2. The molecule has 0 heterocycles. The van der Waals surface area contributed by atoms with Crippen LogP contribution in [0.5, 0.6) is 0 Å². The molecule has 1 aromatic carbocycles. The van der Waals surface area contributed by atoms with Crippen LogP contribution in [0, 0.1) is 28.7 Å². The summed E-state index contributed by atoms with van der Waals surface area (Å²) in [6.45, 7) is 6.90. The third-order valence-electron chi connectivity index (χ3n) is 8.35. The van der Waals surface area contributed by atoms with Crippen LogP contribution in [0.3, 0.4) is 0 Å². The molecular formula is C29H36OSi. The van der Waals surface area contributed by atoms with E-state index in [-0.39, 0.29) is 0 Å². The van der Waals surface area contributed by atoms with E-state index in [1.807, 2.05) is 6.08 Å². The summed E-state index contributed by atoms with van der Waals surface area (Å²) in [5, 5.41) is 0. The first-order valence-electron chi connectivity index (χ1n) is 12.4. The lowest BCUT2D eigenvalue weighted by molar-refractivity contribution is -0.114. The van der Waals surface area contributed by atoms with Gasteiger partial charge in [-0.05, 0) is 104 Å². The van der Waals surface area contributed by atoms with Crippen LogP contribution in [0.25, 0.3) is 0 Å². The van der Waals surface area contributed by atoms with Gasteiger partial charge in [0.1, 0.15) is 8.07 Å². The van der Waals surface area contributed by atoms with Crippen LogP contribution in [-0.4, -0.2) is 13.9 Å².